The van der Waals surface area contributed by atoms with Gasteiger partial charge in [0.25, 0.3) is 5.91 Å². The molecule has 2 saturated heterocycles. The number of piperazine rings is 1. The highest BCUT2D eigenvalue weighted by atomic mass is 16.3. The fourth-order valence-corrected chi connectivity index (χ4v) is 6.00. The number of para-hydroxylation sites is 1. The number of aromatic nitrogens is 2. The van der Waals surface area contributed by atoms with E-state index >= 15 is 0 Å². The zero-order valence-electron chi connectivity index (χ0n) is 25.2. The summed E-state index contributed by atoms with van der Waals surface area (Å²) < 4.78 is 1.71. The van der Waals surface area contributed by atoms with E-state index in [0.717, 1.165) is 22.0 Å². The third-order valence-corrected chi connectivity index (χ3v) is 8.07. The second kappa shape index (κ2) is 13.3. The lowest BCUT2D eigenvalue weighted by molar-refractivity contribution is -0.173. The van der Waals surface area contributed by atoms with Crippen LogP contribution in [-0.4, -0.2) is 90.1 Å². The monoisotopic (exact) mass is 621 g/mol. The lowest BCUT2D eigenvalue weighted by atomic mass is 10.1. The third-order valence-electron chi connectivity index (χ3n) is 8.07. The van der Waals surface area contributed by atoms with Crippen LogP contribution in [0.4, 0.5) is 4.79 Å². The number of aliphatic hydroxyl groups excluding tert-OH is 1. The van der Waals surface area contributed by atoms with E-state index < -0.39 is 12.2 Å². The maximum absolute atomic E-state index is 14.3. The van der Waals surface area contributed by atoms with Crippen LogP contribution in [0.5, 0.6) is 5.75 Å². The molecule has 0 unspecified atom stereocenters. The molecule has 2 aliphatic rings. The van der Waals surface area contributed by atoms with Crippen molar-refractivity contribution in [2.24, 2.45) is 0 Å². The number of aromatic hydroxyl groups is 1. The van der Waals surface area contributed by atoms with Gasteiger partial charge in [-0.2, -0.15) is 5.10 Å². The molecule has 3 N–H and O–H groups in total. The number of rotatable bonds is 9. The summed E-state index contributed by atoms with van der Waals surface area (Å²) in [4.78, 5) is 45.0. The zero-order valence-corrected chi connectivity index (χ0v) is 25.2. The molecule has 6 rings (SSSR count). The van der Waals surface area contributed by atoms with Crippen molar-refractivity contribution in [3.63, 3.8) is 0 Å². The topological polar surface area (TPSA) is 134 Å². The SMILES string of the molecule is C=CCN1CC(=O)N2/C(=C/c3ccc(O)cc3)C(=O)N(Cc3cccc4cnn(CCO)c34)C[C@@H]2N1C(=O)NCc1ccccc1. The Bertz CT molecular complexity index is 1790. The smallest absolute Gasteiger partial charge is 0.334 e. The van der Waals surface area contributed by atoms with Gasteiger partial charge in [-0.05, 0) is 34.9 Å². The van der Waals surface area contributed by atoms with Crippen LogP contribution < -0.4 is 5.32 Å². The molecule has 0 spiro atoms. The van der Waals surface area contributed by atoms with Crippen LogP contribution in [0.1, 0.15) is 16.7 Å². The quantitative estimate of drug-likeness (QED) is 0.193. The highest BCUT2D eigenvalue weighted by Gasteiger charge is 2.49. The predicted molar refractivity (Wildman–Crippen MR) is 171 cm³/mol. The number of fused-ring (bicyclic) bond motifs is 2. The summed E-state index contributed by atoms with van der Waals surface area (Å²) in [5, 5.41) is 30.9. The molecule has 4 aromatic rings. The van der Waals surface area contributed by atoms with Gasteiger partial charge in [0.05, 0.1) is 38.0 Å². The van der Waals surface area contributed by atoms with Crippen molar-refractivity contribution in [3.05, 3.63) is 114 Å². The van der Waals surface area contributed by atoms with Crippen molar-refractivity contribution in [2.45, 2.75) is 25.8 Å². The van der Waals surface area contributed by atoms with E-state index in [9.17, 15) is 24.6 Å². The molecule has 3 heterocycles. The number of carbonyl (C=O) groups is 3. The van der Waals surface area contributed by atoms with E-state index in [4.69, 9.17) is 0 Å². The Balaban J connectivity index is 1.41. The molecule has 2 fully saturated rings. The molecule has 1 aromatic heterocycles. The minimum atomic E-state index is -0.861. The summed E-state index contributed by atoms with van der Waals surface area (Å²) in [6.45, 7) is 4.59. The number of phenolic OH excluding ortho intramolecular Hbond substituents is 1. The molecule has 2 aliphatic heterocycles. The first-order chi connectivity index (χ1) is 22.4. The number of nitrogens with one attached hydrogen (secondary N) is 1. The number of hydrogen-bond acceptors (Lipinski definition) is 7. The molecule has 0 aliphatic carbocycles. The summed E-state index contributed by atoms with van der Waals surface area (Å²) >= 11 is 0. The fourth-order valence-electron chi connectivity index (χ4n) is 6.00. The molecule has 4 amide bonds. The third kappa shape index (κ3) is 6.08. The highest BCUT2D eigenvalue weighted by molar-refractivity contribution is 6.03. The molecule has 46 heavy (non-hydrogen) atoms. The Morgan fingerprint density at radius 1 is 1.04 bits per heavy atom. The molecule has 3 aromatic carbocycles. The van der Waals surface area contributed by atoms with Gasteiger partial charge in [0, 0.05) is 25.0 Å². The number of hydrogen-bond donors (Lipinski definition) is 3. The van der Waals surface area contributed by atoms with Crippen molar-refractivity contribution >= 4 is 34.8 Å². The Labute approximate surface area is 266 Å². The van der Waals surface area contributed by atoms with Crippen molar-refractivity contribution in [3.8, 4) is 5.75 Å². The van der Waals surface area contributed by atoms with Crippen molar-refractivity contribution in [1.82, 2.24) is 34.9 Å². The summed E-state index contributed by atoms with van der Waals surface area (Å²) in [5.41, 5.74) is 3.23. The van der Waals surface area contributed by atoms with Crippen LogP contribution in [0.3, 0.4) is 0 Å². The van der Waals surface area contributed by atoms with Crippen molar-refractivity contribution in [1.29, 1.82) is 0 Å². The van der Waals surface area contributed by atoms with Crippen LogP contribution in [0.15, 0.2) is 97.3 Å². The standard InChI is InChI=1S/C34H35N7O5/c1-2-15-38-23-31(44)40-29(18-24-11-13-28(43)14-12-24)33(45)37(21-27-10-6-9-26-20-36-39(16-17-42)32(26)27)22-30(40)41(38)34(46)35-19-25-7-4-3-5-8-25/h2-14,18,20,30,42-43H,1,15-17,19,21-23H2,(H,35,46)/b29-18+/t30-/m0/s1. The second-order valence-corrected chi connectivity index (χ2v) is 11.1. The zero-order chi connectivity index (χ0) is 32.2. The molecule has 236 valence electrons. The summed E-state index contributed by atoms with van der Waals surface area (Å²) in [5.74, 6) is -0.649. The second-order valence-electron chi connectivity index (χ2n) is 11.1. The number of nitrogens with zero attached hydrogens (tertiary/aromatic N) is 6. The van der Waals surface area contributed by atoms with Gasteiger partial charge in [-0.1, -0.05) is 66.7 Å². The molecular weight excluding hydrogens is 586 g/mol. The summed E-state index contributed by atoms with van der Waals surface area (Å²) in [6.07, 6.45) is 4.09. The normalized spacial score (nSPS) is 17.9. The first kappa shape index (κ1) is 30.6. The minimum Gasteiger partial charge on any atom is -0.508 e. The average Bonchev–Trinajstić information content (AvgIpc) is 3.47. The number of urea groups is 1. The van der Waals surface area contributed by atoms with Crippen molar-refractivity contribution in [2.75, 3.05) is 26.2 Å². The molecule has 0 bridgehead atoms. The number of amides is 4. The summed E-state index contributed by atoms with van der Waals surface area (Å²) in [6, 6.07) is 21.1. The molecule has 12 nitrogen and oxygen atoms in total. The van der Waals surface area contributed by atoms with Gasteiger partial charge >= 0.3 is 6.03 Å². The van der Waals surface area contributed by atoms with Gasteiger partial charge in [-0.25, -0.2) is 14.8 Å². The van der Waals surface area contributed by atoms with Gasteiger partial charge in [0.2, 0.25) is 5.91 Å². The number of phenols is 1. The van der Waals surface area contributed by atoms with Crippen LogP contribution in [0.25, 0.3) is 17.0 Å². The highest BCUT2D eigenvalue weighted by Crippen LogP contribution is 2.32. The summed E-state index contributed by atoms with van der Waals surface area (Å²) in [7, 11) is 0. The van der Waals surface area contributed by atoms with Gasteiger partial charge in [-0.3, -0.25) is 19.2 Å². The Morgan fingerprint density at radius 3 is 2.57 bits per heavy atom. The first-order valence-corrected chi connectivity index (χ1v) is 15.0. The molecular formula is C34H35N7O5. The van der Waals surface area contributed by atoms with Gasteiger partial charge < -0.3 is 20.4 Å². The van der Waals surface area contributed by atoms with E-state index in [-0.39, 0.29) is 69.1 Å². The maximum Gasteiger partial charge on any atom is 0.334 e. The maximum atomic E-state index is 14.3. The number of benzene rings is 3. The number of carbonyl (C=O) groups excluding carboxylic acids is 3. The van der Waals surface area contributed by atoms with Crippen LogP contribution in [0, 0.1) is 0 Å². The van der Waals surface area contributed by atoms with E-state index in [1.54, 1.807) is 45.1 Å². The Kier molecular flexibility index (Phi) is 8.81. The Hall–Kier alpha value is -5.46. The first-order valence-electron chi connectivity index (χ1n) is 15.0. The average molecular weight is 622 g/mol. The number of aliphatic hydroxyl groups is 1. The van der Waals surface area contributed by atoms with Crippen LogP contribution in [0.2, 0.25) is 0 Å². The van der Waals surface area contributed by atoms with Crippen LogP contribution >= 0.6 is 0 Å². The van der Waals surface area contributed by atoms with E-state index in [0.29, 0.717) is 5.56 Å². The lowest BCUT2D eigenvalue weighted by Gasteiger charge is -2.53. The number of hydrazine groups is 1. The van der Waals surface area contributed by atoms with Crippen molar-refractivity contribution < 1.29 is 24.6 Å². The van der Waals surface area contributed by atoms with Gasteiger partial charge in [0.15, 0.2) is 0 Å². The van der Waals surface area contributed by atoms with Gasteiger partial charge in [0.1, 0.15) is 17.6 Å². The predicted octanol–water partition coefficient (Wildman–Crippen LogP) is 2.90. The molecule has 1 atom stereocenters. The van der Waals surface area contributed by atoms with E-state index in [2.05, 4.69) is 17.0 Å². The molecule has 0 saturated carbocycles. The molecule has 0 radical (unpaired) electrons. The largest absolute Gasteiger partial charge is 0.508 e. The lowest BCUT2D eigenvalue weighted by Crippen LogP contribution is -2.73. The molecule has 12 heteroatoms. The minimum absolute atomic E-state index is 0.0361. The van der Waals surface area contributed by atoms with E-state index in [1.807, 2.05) is 48.5 Å². The fraction of sp³-hybridized carbons (Fsp3) is 0.235. The van der Waals surface area contributed by atoms with E-state index in [1.165, 1.54) is 22.0 Å². The van der Waals surface area contributed by atoms with Gasteiger partial charge in [-0.15, -0.1) is 6.58 Å². The Morgan fingerprint density at radius 2 is 1.83 bits per heavy atom. The van der Waals surface area contributed by atoms with Crippen LogP contribution in [-0.2, 0) is 29.2 Å².